The van der Waals surface area contributed by atoms with Gasteiger partial charge in [-0.1, -0.05) is 11.2 Å². The van der Waals surface area contributed by atoms with Crippen molar-refractivity contribution < 1.29 is 9.32 Å². The largest absolute Gasteiger partial charge is 0.361 e. The molecule has 0 atom stereocenters. The minimum atomic E-state index is 0.00240. The first kappa shape index (κ1) is 21.3. The van der Waals surface area contributed by atoms with Crippen LogP contribution in [-0.2, 0) is 17.8 Å². The molecule has 1 saturated heterocycles. The Kier molecular flexibility index (Phi) is 7.65. The van der Waals surface area contributed by atoms with E-state index in [2.05, 4.69) is 42.8 Å². The number of nitrogens with zero attached hydrogens (tertiary/aromatic N) is 5. The van der Waals surface area contributed by atoms with Crippen LogP contribution >= 0.6 is 11.3 Å². The molecule has 0 aromatic carbocycles. The van der Waals surface area contributed by atoms with Crippen LogP contribution < -0.4 is 5.32 Å². The number of rotatable bonds is 7. The predicted molar refractivity (Wildman–Crippen MR) is 115 cm³/mol. The summed E-state index contributed by atoms with van der Waals surface area (Å²) in [7, 11) is 3.51. The summed E-state index contributed by atoms with van der Waals surface area (Å²) in [5.74, 6) is 1.66. The standard InChI is InChI=1S/C20H30N6O2S/c1-16-13-17(23-28-16)15-25-8-10-26(11-9-25)20(22-14-19(27)24(2)3)21-7-6-18-5-4-12-29-18/h4-5,12-13H,6-11,14-15H2,1-3H3,(H,21,22). The summed E-state index contributed by atoms with van der Waals surface area (Å²) < 4.78 is 5.16. The highest BCUT2D eigenvalue weighted by Crippen LogP contribution is 2.10. The lowest BCUT2D eigenvalue weighted by Gasteiger charge is -2.36. The fourth-order valence-corrected chi connectivity index (χ4v) is 3.85. The van der Waals surface area contributed by atoms with Crippen molar-refractivity contribution in [3.63, 3.8) is 0 Å². The Hall–Kier alpha value is -2.39. The zero-order chi connectivity index (χ0) is 20.6. The average Bonchev–Trinajstić information content (AvgIpc) is 3.36. The fraction of sp³-hybridized carbons (Fsp3) is 0.550. The van der Waals surface area contributed by atoms with Gasteiger partial charge in [0.05, 0.1) is 5.69 Å². The van der Waals surface area contributed by atoms with E-state index in [1.165, 1.54) is 4.88 Å². The van der Waals surface area contributed by atoms with Crippen LogP contribution in [0.5, 0.6) is 0 Å². The van der Waals surface area contributed by atoms with Gasteiger partial charge < -0.3 is 19.6 Å². The lowest BCUT2D eigenvalue weighted by atomic mass is 10.3. The van der Waals surface area contributed by atoms with E-state index in [-0.39, 0.29) is 12.5 Å². The third-order valence-corrected chi connectivity index (χ3v) is 5.77. The molecule has 9 heteroatoms. The molecule has 0 saturated carbocycles. The molecule has 2 aromatic heterocycles. The Morgan fingerprint density at radius 1 is 1.34 bits per heavy atom. The van der Waals surface area contributed by atoms with Crippen molar-refractivity contribution >= 4 is 23.2 Å². The zero-order valence-electron chi connectivity index (χ0n) is 17.4. The van der Waals surface area contributed by atoms with Crippen molar-refractivity contribution in [2.24, 2.45) is 4.99 Å². The van der Waals surface area contributed by atoms with Crippen LogP contribution in [0, 0.1) is 6.92 Å². The summed E-state index contributed by atoms with van der Waals surface area (Å²) in [6.45, 7) is 7.21. The number of guanidine groups is 1. The van der Waals surface area contributed by atoms with Gasteiger partial charge in [0.2, 0.25) is 5.91 Å². The third kappa shape index (κ3) is 6.57. The molecule has 1 fully saturated rings. The topological polar surface area (TPSA) is 77.2 Å². The van der Waals surface area contributed by atoms with E-state index in [1.807, 2.05) is 13.0 Å². The molecule has 8 nitrogen and oxygen atoms in total. The molecule has 0 aliphatic carbocycles. The third-order valence-electron chi connectivity index (χ3n) is 4.83. The first-order valence-corrected chi connectivity index (χ1v) is 10.8. The van der Waals surface area contributed by atoms with Crippen molar-refractivity contribution in [1.82, 2.24) is 25.2 Å². The maximum atomic E-state index is 12.0. The van der Waals surface area contributed by atoms with Crippen molar-refractivity contribution in [2.45, 2.75) is 19.9 Å². The van der Waals surface area contributed by atoms with E-state index in [0.717, 1.165) is 63.1 Å². The summed E-state index contributed by atoms with van der Waals surface area (Å²) in [4.78, 5) is 24.1. The van der Waals surface area contributed by atoms with Crippen molar-refractivity contribution in [3.05, 3.63) is 39.9 Å². The van der Waals surface area contributed by atoms with Crippen LogP contribution in [0.1, 0.15) is 16.3 Å². The van der Waals surface area contributed by atoms with E-state index in [0.29, 0.717) is 0 Å². The molecule has 3 rings (SSSR count). The van der Waals surface area contributed by atoms with Crippen LogP contribution in [0.3, 0.4) is 0 Å². The van der Waals surface area contributed by atoms with Gasteiger partial charge in [-0.15, -0.1) is 11.3 Å². The number of aliphatic imine (C=N–C) groups is 1. The number of likely N-dealkylation sites (N-methyl/N-ethyl adjacent to an activating group) is 1. The molecular weight excluding hydrogens is 388 g/mol. The number of amides is 1. The summed E-state index contributed by atoms with van der Waals surface area (Å²) in [5, 5.41) is 9.64. The minimum absolute atomic E-state index is 0.00240. The molecule has 1 aliphatic heterocycles. The maximum Gasteiger partial charge on any atom is 0.243 e. The molecule has 1 amide bonds. The van der Waals surface area contributed by atoms with Crippen LogP contribution in [0.15, 0.2) is 33.1 Å². The Labute approximate surface area is 176 Å². The van der Waals surface area contributed by atoms with Gasteiger partial charge in [0.25, 0.3) is 0 Å². The van der Waals surface area contributed by atoms with Crippen LogP contribution in [-0.4, -0.2) is 85.1 Å². The number of hydrogen-bond donors (Lipinski definition) is 1. The maximum absolute atomic E-state index is 12.0. The van der Waals surface area contributed by atoms with E-state index < -0.39 is 0 Å². The van der Waals surface area contributed by atoms with Gasteiger partial charge >= 0.3 is 0 Å². The number of piperazine rings is 1. The first-order chi connectivity index (χ1) is 14.0. The fourth-order valence-electron chi connectivity index (χ4n) is 3.14. The van der Waals surface area contributed by atoms with Crippen LogP contribution in [0.4, 0.5) is 0 Å². The molecule has 158 valence electrons. The molecule has 1 N–H and O–H groups in total. The van der Waals surface area contributed by atoms with Gasteiger partial charge in [-0.05, 0) is 24.8 Å². The second kappa shape index (κ2) is 10.4. The van der Waals surface area contributed by atoms with Gasteiger partial charge in [-0.2, -0.15) is 0 Å². The Morgan fingerprint density at radius 3 is 2.76 bits per heavy atom. The van der Waals surface area contributed by atoms with Gasteiger partial charge in [-0.25, -0.2) is 4.99 Å². The van der Waals surface area contributed by atoms with Crippen LogP contribution in [0.2, 0.25) is 0 Å². The second-order valence-corrected chi connectivity index (χ2v) is 8.41. The van der Waals surface area contributed by atoms with Gasteiger partial charge in [0, 0.05) is 64.3 Å². The smallest absolute Gasteiger partial charge is 0.243 e. The number of aromatic nitrogens is 1. The quantitative estimate of drug-likeness (QED) is 0.542. The molecule has 0 spiro atoms. The number of hydrogen-bond acceptors (Lipinski definition) is 6. The number of carbonyl (C=O) groups is 1. The lowest BCUT2D eigenvalue weighted by Crippen LogP contribution is -2.52. The number of thiophene rings is 1. The van der Waals surface area contributed by atoms with Crippen molar-refractivity contribution in [1.29, 1.82) is 0 Å². The molecule has 0 bridgehead atoms. The summed E-state index contributed by atoms with van der Waals surface area (Å²) >= 11 is 1.76. The monoisotopic (exact) mass is 418 g/mol. The molecule has 29 heavy (non-hydrogen) atoms. The lowest BCUT2D eigenvalue weighted by molar-refractivity contribution is -0.127. The van der Waals surface area contributed by atoms with Gasteiger partial charge in [0.1, 0.15) is 12.3 Å². The Morgan fingerprint density at radius 2 is 2.14 bits per heavy atom. The minimum Gasteiger partial charge on any atom is -0.361 e. The number of aryl methyl sites for hydroxylation is 1. The number of carbonyl (C=O) groups excluding carboxylic acids is 1. The normalized spacial score (nSPS) is 15.6. The molecule has 1 aliphatic rings. The van der Waals surface area contributed by atoms with E-state index in [4.69, 9.17) is 4.52 Å². The van der Waals surface area contributed by atoms with Gasteiger partial charge in [0.15, 0.2) is 5.96 Å². The number of nitrogens with one attached hydrogen (secondary N) is 1. The van der Waals surface area contributed by atoms with E-state index in [1.54, 1.807) is 30.3 Å². The predicted octanol–water partition coefficient (Wildman–Crippen LogP) is 1.44. The molecule has 0 unspecified atom stereocenters. The second-order valence-electron chi connectivity index (χ2n) is 7.38. The molecule has 2 aromatic rings. The van der Waals surface area contributed by atoms with Gasteiger partial charge in [-0.3, -0.25) is 9.69 Å². The van der Waals surface area contributed by atoms with Crippen molar-refractivity contribution in [2.75, 3.05) is 53.4 Å². The zero-order valence-corrected chi connectivity index (χ0v) is 18.2. The molecular formula is C20H30N6O2S. The Bertz CT molecular complexity index is 794. The van der Waals surface area contributed by atoms with E-state index >= 15 is 0 Å². The summed E-state index contributed by atoms with van der Waals surface area (Å²) in [5.41, 5.74) is 0.968. The first-order valence-electron chi connectivity index (χ1n) is 9.91. The van der Waals surface area contributed by atoms with Crippen LogP contribution in [0.25, 0.3) is 0 Å². The highest BCUT2D eigenvalue weighted by Gasteiger charge is 2.21. The van der Waals surface area contributed by atoms with E-state index in [9.17, 15) is 4.79 Å². The SMILES string of the molecule is Cc1cc(CN2CCN(C(=NCC(=O)N(C)C)NCCc3cccs3)CC2)no1. The highest BCUT2D eigenvalue weighted by atomic mass is 32.1. The Balaban J connectivity index is 1.54. The molecule has 3 heterocycles. The summed E-state index contributed by atoms with van der Waals surface area (Å²) in [6.07, 6.45) is 0.948. The average molecular weight is 419 g/mol. The summed E-state index contributed by atoms with van der Waals surface area (Å²) in [6, 6.07) is 6.20. The van der Waals surface area contributed by atoms with Crippen molar-refractivity contribution in [3.8, 4) is 0 Å². The highest BCUT2D eigenvalue weighted by molar-refractivity contribution is 7.09. The molecule has 0 radical (unpaired) electrons.